The van der Waals surface area contributed by atoms with Gasteiger partial charge in [-0.05, 0) is 47.0 Å². The Hall–Kier alpha value is -1.56. The molecule has 0 spiro atoms. The van der Waals surface area contributed by atoms with Gasteiger partial charge in [0.2, 0.25) is 5.91 Å². The van der Waals surface area contributed by atoms with E-state index in [1.807, 2.05) is 4.90 Å². The molecule has 5 nitrogen and oxygen atoms in total. The normalized spacial score (nSPS) is 15.7. The minimum Gasteiger partial charge on any atom is -0.497 e. The number of benzene rings is 1. The van der Waals surface area contributed by atoms with E-state index in [1.54, 1.807) is 32.2 Å². The van der Waals surface area contributed by atoms with Crippen LogP contribution in [0, 0.1) is 0 Å². The van der Waals surface area contributed by atoms with Gasteiger partial charge in [0.05, 0.1) is 12.7 Å². The summed E-state index contributed by atoms with van der Waals surface area (Å²) in [6.07, 6.45) is 1.57. The maximum atomic E-state index is 12.3. The highest BCUT2D eigenvalue weighted by Gasteiger charge is 2.23. The molecule has 2 amide bonds. The Kier molecular flexibility index (Phi) is 5.22. The van der Waals surface area contributed by atoms with Crippen molar-refractivity contribution in [1.82, 2.24) is 10.2 Å². The predicted molar refractivity (Wildman–Crippen MR) is 83.4 cm³/mol. The summed E-state index contributed by atoms with van der Waals surface area (Å²) in [6.45, 7) is 2.96. The zero-order valence-corrected chi connectivity index (χ0v) is 13.8. The number of rotatable bonds is 3. The summed E-state index contributed by atoms with van der Waals surface area (Å²) >= 11 is 3.38. The van der Waals surface area contributed by atoms with Crippen molar-refractivity contribution in [1.29, 1.82) is 0 Å². The zero-order valence-electron chi connectivity index (χ0n) is 12.2. The van der Waals surface area contributed by atoms with Crippen LogP contribution in [0.3, 0.4) is 0 Å². The SMILES string of the molecule is COc1ccc(Br)c(C(=O)NC2CCN(C(C)=O)CC2)c1. The second-order valence-corrected chi connectivity index (χ2v) is 5.95. The van der Waals surface area contributed by atoms with E-state index in [1.165, 1.54) is 0 Å². The molecule has 0 bridgehead atoms. The fourth-order valence-electron chi connectivity index (χ4n) is 2.41. The largest absolute Gasteiger partial charge is 0.497 e. The number of nitrogens with one attached hydrogen (secondary N) is 1. The van der Waals surface area contributed by atoms with E-state index in [0.717, 1.165) is 17.3 Å². The molecule has 6 heteroatoms. The molecule has 0 aliphatic carbocycles. The van der Waals surface area contributed by atoms with Gasteiger partial charge in [0, 0.05) is 30.5 Å². The molecule has 1 aromatic carbocycles. The fraction of sp³-hybridized carbons (Fsp3) is 0.467. The first-order chi connectivity index (χ1) is 10.0. The van der Waals surface area contributed by atoms with Crippen molar-refractivity contribution in [3.8, 4) is 5.75 Å². The van der Waals surface area contributed by atoms with Crippen molar-refractivity contribution in [2.45, 2.75) is 25.8 Å². The summed E-state index contributed by atoms with van der Waals surface area (Å²) in [5.41, 5.74) is 0.559. The lowest BCUT2D eigenvalue weighted by atomic mass is 10.0. The average molecular weight is 355 g/mol. The Balaban J connectivity index is 1.98. The summed E-state index contributed by atoms with van der Waals surface area (Å²) in [6, 6.07) is 5.41. The number of hydrogen-bond acceptors (Lipinski definition) is 3. The van der Waals surface area contributed by atoms with Crippen LogP contribution in [-0.4, -0.2) is 43.0 Å². The molecule has 1 aliphatic rings. The number of piperidine rings is 1. The van der Waals surface area contributed by atoms with Crippen molar-refractivity contribution in [3.63, 3.8) is 0 Å². The molecule has 0 saturated carbocycles. The van der Waals surface area contributed by atoms with E-state index < -0.39 is 0 Å². The monoisotopic (exact) mass is 354 g/mol. The first-order valence-electron chi connectivity index (χ1n) is 6.91. The van der Waals surface area contributed by atoms with Gasteiger partial charge < -0.3 is 15.0 Å². The van der Waals surface area contributed by atoms with Crippen LogP contribution < -0.4 is 10.1 Å². The number of ether oxygens (including phenoxy) is 1. The maximum absolute atomic E-state index is 12.3. The van der Waals surface area contributed by atoms with Crippen LogP contribution in [0.5, 0.6) is 5.75 Å². The number of carbonyl (C=O) groups excluding carboxylic acids is 2. The molecule has 1 heterocycles. The predicted octanol–water partition coefficient (Wildman–Crippen LogP) is 2.20. The highest BCUT2D eigenvalue weighted by molar-refractivity contribution is 9.10. The van der Waals surface area contributed by atoms with Gasteiger partial charge in [-0.2, -0.15) is 0 Å². The quantitative estimate of drug-likeness (QED) is 0.904. The van der Waals surface area contributed by atoms with Crippen LogP contribution in [0.15, 0.2) is 22.7 Å². The number of halogens is 1. The number of carbonyl (C=O) groups is 2. The molecule has 2 rings (SSSR count). The minimum atomic E-state index is -0.123. The number of methoxy groups -OCH3 is 1. The van der Waals surface area contributed by atoms with Crippen LogP contribution in [0.25, 0.3) is 0 Å². The van der Waals surface area contributed by atoms with Crippen molar-refractivity contribution in [2.75, 3.05) is 20.2 Å². The second kappa shape index (κ2) is 6.93. The van der Waals surface area contributed by atoms with Gasteiger partial charge in [0.1, 0.15) is 5.75 Å². The molecule has 1 N–H and O–H groups in total. The second-order valence-electron chi connectivity index (χ2n) is 5.10. The molecular formula is C15H19BrN2O3. The average Bonchev–Trinajstić information content (AvgIpc) is 2.48. The van der Waals surface area contributed by atoms with Crippen LogP contribution in [0.2, 0.25) is 0 Å². The van der Waals surface area contributed by atoms with Crippen LogP contribution in [0.1, 0.15) is 30.1 Å². The van der Waals surface area contributed by atoms with Crippen molar-refractivity contribution in [3.05, 3.63) is 28.2 Å². The zero-order chi connectivity index (χ0) is 15.4. The van der Waals surface area contributed by atoms with E-state index >= 15 is 0 Å². The smallest absolute Gasteiger partial charge is 0.252 e. The van der Waals surface area contributed by atoms with Gasteiger partial charge in [-0.15, -0.1) is 0 Å². The summed E-state index contributed by atoms with van der Waals surface area (Å²) in [4.78, 5) is 25.4. The molecule has 1 aliphatic heterocycles. The van der Waals surface area contributed by atoms with Crippen LogP contribution in [-0.2, 0) is 4.79 Å². The lowest BCUT2D eigenvalue weighted by Gasteiger charge is -2.31. The highest BCUT2D eigenvalue weighted by Crippen LogP contribution is 2.23. The maximum Gasteiger partial charge on any atom is 0.252 e. The van der Waals surface area contributed by atoms with E-state index in [9.17, 15) is 9.59 Å². The number of hydrogen-bond donors (Lipinski definition) is 1. The number of amides is 2. The molecule has 1 aromatic rings. The Morgan fingerprint density at radius 3 is 2.57 bits per heavy atom. The number of likely N-dealkylation sites (tertiary alicyclic amines) is 1. The summed E-state index contributed by atoms with van der Waals surface area (Å²) in [5.74, 6) is 0.618. The Morgan fingerprint density at radius 1 is 1.33 bits per heavy atom. The molecule has 0 aromatic heterocycles. The van der Waals surface area contributed by atoms with Crippen LogP contribution >= 0.6 is 15.9 Å². The van der Waals surface area contributed by atoms with Gasteiger partial charge in [-0.1, -0.05) is 0 Å². The lowest BCUT2D eigenvalue weighted by molar-refractivity contribution is -0.129. The standard InChI is InChI=1S/C15H19BrN2O3/c1-10(19)18-7-5-11(6-8-18)17-15(20)13-9-12(21-2)3-4-14(13)16/h3-4,9,11H,5-8H2,1-2H3,(H,17,20). The van der Waals surface area contributed by atoms with Gasteiger partial charge in [-0.3, -0.25) is 9.59 Å². The number of nitrogens with zero attached hydrogens (tertiary/aromatic N) is 1. The summed E-state index contributed by atoms with van der Waals surface area (Å²) in [7, 11) is 1.57. The first-order valence-corrected chi connectivity index (χ1v) is 7.70. The fourth-order valence-corrected chi connectivity index (χ4v) is 2.83. The van der Waals surface area contributed by atoms with Gasteiger partial charge in [0.25, 0.3) is 5.91 Å². The Morgan fingerprint density at radius 2 is 2.00 bits per heavy atom. The molecule has 0 unspecified atom stereocenters. The highest BCUT2D eigenvalue weighted by atomic mass is 79.9. The van der Waals surface area contributed by atoms with Gasteiger partial charge >= 0.3 is 0 Å². The van der Waals surface area contributed by atoms with Crippen molar-refractivity contribution in [2.24, 2.45) is 0 Å². The Bertz CT molecular complexity index is 540. The van der Waals surface area contributed by atoms with Crippen LogP contribution in [0.4, 0.5) is 0 Å². The summed E-state index contributed by atoms with van der Waals surface area (Å²) < 4.78 is 5.88. The molecule has 114 valence electrons. The molecule has 0 radical (unpaired) electrons. The van der Waals surface area contributed by atoms with Crippen molar-refractivity contribution >= 4 is 27.7 Å². The third-order valence-electron chi connectivity index (χ3n) is 3.69. The first kappa shape index (κ1) is 15.8. The third-order valence-corrected chi connectivity index (χ3v) is 4.39. The summed E-state index contributed by atoms with van der Waals surface area (Å²) in [5, 5.41) is 3.02. The van der Waals surface area contributed by atoms with E-state index in [0.29, 0.717) is 24.4 Å². The lowest BCUT2D eigenvalue weighted by Crippen LogP contribution is -2.46. The molecule has 1 saturated heterocycles. The minimum absolute atomic E-state index is 0.0929. The van der Waals surface area contributed by atoms with E-state index in [-0.39, 0.29) is 17.9 Å². The molecular weight excluding hydrogens is 336 g/mol. The Labute approximate surface area is 132 Å². The molecule has 0 atom stereocenters. The third kappa shape index (κ3) is 3.97. The van der Waals surface area contributed by atoms with Gasteiger partial charge in [-0.25, -0.2) is 0 Å². The van der Waals surface area contributed by atoms with Gasteiger partial charge in [0.15, 0.2) is 0 Å². The topological polar surface area (TPSA) is 58.6 Å². The molecule has 1 fully saturated rings. The van der Waals surface area contributed by atoms with Crippen molar-refractivity contribution < 1.29 is 14.3 Å². The van der Waals surface area contributed by atoms with E-state index in [2.05, 4.69) is 21.2 Å². The molecule has 21 heavy (non-hydrogen) atoms. The van der Waals surface area contributed by atoms with E-state index in [4.69, 9.17) is 4.74 Å².